The molecule has 4 saturated carbocycles. The summed E-state index contributed by atoms with van der Waals surface area (Å²) in [6.07, 6.45) is 5.89. The first kappa shape index (κ1) is 16.6. The number of fused-ring (bicyclic) bond motifs is 3. The van der Waals surface area contributed by atoms with Crippen LogP contribution in [0.2, 0.25) is 0 Å². The van der Waals surface area contributed by atoms with Crippen LogP contribution in [-0.4, -0.2) is 28.1 Å². The van der Waals surface area contributed by atoms with Crippen molar-refractivity contribution >= 4 is 11.8 Å². The number of aliphatic hydroxyl groups is 1. The Kier molecular flexibility index (Phi) is 3.19. The van der Waals surface area contributed by atoms with Crippen LogP contribution in [0.4, 0.5) is 0 Å². The third kappa shape index (κ3) is 1.73. The molecule has 0 amide bonds. The van der Waals surface area contributed by atoms with Crippen molar-refractivity contribution in [3.05, 3.63) is 0 Å². The molecule has 4 nitrogen and oxygen atoms in total. The fraction of sp³-hybridized carbons (Fsp3) is 0.900. The lowest BCUT2D eigenvalue weighted by molar-refractivity contribution is -0.210. The summed E-state index contributed by atoms with van der Waals surface area (Å²) in [5, 5.41) is 20.9. The zero-order chi connectivity index (χ0) is 17.5. The minimum absolute atomic E-state index is 0.140. The van der Waals surface area contributed by atoms with Crippen molar-refractivity contribution in [1.29, 1.82) is 0 Å². The Balaban J connectivity index is 1.84. The van der Waals surface area contributed by atoms with E-state index in [2.05, 4.69) is 13.8 Å². The molecule has 2 N–H and O–H groups in total. The maximum atomic E-state index is 13.3. The Morgan fingerprint density at radius 2 is 1.75 bits per heavy atom. The van der Waals surface area contributed by atoms with Crippen molar-refractivity contribution in [3.8, 4) is 0 Å². The molecular formula is C20H30O4. The maximum absolute atomic E-state index is 13.3. The zero-order valence-electron chi connectivity index (χ0n) is 15.1. The van der Waals surface area contributed by atoms with Gasteiger partial charge in [-0.3, -0.25) is 9.59 Å². The molecule has 0 aromatic carbocycles. The Morgan fingerprint density at radius 1 is 1.04 bits per heavy atom. The van der Waals surface area contributed by atoms with E-state index in [0.717, 1.165) is 32.1 Å². The smallest absolute Gasteiger partial charge is 0.309 e. The van der Waals surface area contributed by atoms with E-state index >= 15 is 0 Å². The van der Waals surface area contributed by atoms with Gasteiger partial charge in [-0.2, -0.15) is 0 Å². The highest BCUT2D eigenvalue weighted by molar-refractivity contribution is 5.88. The van der Waals surface area contributed by atoms with Crippen molar-refractivity contribution in [1.82, 2.24) is 0 Å². The molecule has 7 atom stereocenters. The summed E-state index contributed by atoms with van der Waals surface area (Å²) in [6.45, 7) is 6.21. The first-order valence-electron chi connectivity index (χ1n) is 9.53. The van der Waals surface area contributed by atoms with Crippen LogP contribution in [-0.2, 0) is 9.59 Å². The Labute approximate surface area is 144 Å². The molecule has 0 aromatic rings. The number of Topliss-reactive ketones (excluding diaryl/α,β-unsaturated/α-hetero) is 1. The average molecular weight is 334 g/mol. The van der Waals surface area contributed by atoms with Crippen LogP contribution in [0.1, 0.15) is 72.1 Å². The molecule has 2 bridgehead atoms. The van der Waals surface area contributed by atoms with E-state index in [4.69, 9.17) is 0 Å². The molecule has 4 aliphatic rings. The second-order valence-electron chi connectivity index (χ2n) is 10.1. The number of carbonyl (C=O) groups excluding carboxylic acids is 1. The maximum Gasteiger partial charge on any atom is 0.309 e. The van der Waals surface area contributed by atoms with Gasteiger partial charge in [-0.05, 0) is 69.1 Å². The molecule has 0 aromatic heterocycles. The summed E-state index contributed by atoms with van der Waals surface area (Å²) < 4.78 is 0. The molecule has 4 rings (SSSR count). The van der Waals surface area contributed by atoms with Crippen LogP contribution < -0.4 is 0 Å². The minimum atomic E-state index is -0.898. The molecule has 0 saturated heterocycles. The number of aliphatic carboxylic acids is 1. The normalized spacial score (nSPS) is 56.5. The van der Waals surface area contributed by atoms with Crippen LogP contribution in [0.15, 0.2) is 0 Å². The van der Waals surface area contributed by atoms with Gasteiger partial charge in [-0.1, -0.05) is 13.8 Å². The highest BCUT2D eigenvalue weighted by atomic mass is 16.4. The lowest BCUT2D eigenvalue weighted by Crippen LogP contribution is -2.66. The second-order valence-corrected chi connectivity index (χ2v) is 10.1. The molecule has 4 heteroatoms. The van der Waals surface area contributed by atoms with Gasteiger partial charge in [0, 0.05) is 17.3 Å². The van der Waals surface area contributed by atoms with E-state index in [1.807, 2.05) is 0 Å². The van der Waals surface area contributed by atoms with E-state index in [-0.39, 0.29) is 22.7 Å². The van der Waals surface area contributed by atoms with E-state index in [0.29, 0.717) is 25.0 Å². The molecule has 1 spiro atoms. The standard InChI is InChI=1S/C20H30O4/c1-17-6-4-12-19(3)13(10-15(22)20(12,11-17)9-8-17)18(2,16(23)24)7-5-14(19)21/h12-14,21H,4-11H2,1-3H3,(H,23,24)/t12-,13+,14-,17+,18+,19-,20+/m0/s1. The van der Waals surface area contributed by atoms with Crippen LogP contribution in [0.25, 0.3) is 0 Å². The van der Waals surface area contributed by atoms with Crippen molar-refractivity contribution < 1.29 is 19.8 Å². The molecule has 0 radical (unpaired) electrons. The number of carbonyl (C=O) groups is 2. The largest absolute Gasteiger partial charge is 0.481 e. The summed E-state index contributed by atoms with van der Waals surface area (Å²) in [6, 6.07) is 0. The Hall–Kier alpha value is -0.900. The zero-order valence-corrected chi connectivity index (χ0v) is 15.1. The van der Waals surface area contributed by atoms with Gasteiger partial charge in [-0.15, -0.1) is 0 Å². The van der Waals surface area contributed by atoms with Crippen molar-refractivity contribution in [2.24, 2.45) is 33.5 Å². The van der Waals surface area contributed by atoms with Crippen LogP contribution >= 0.6 is 0 Å². The van der Waals surface area contributed by atoms with Gasteiger partial charge in [0.25, 0.3) is 0 Å². The molecule has 0 aliphatic heterocycles. The van der Waals surface area contributed by atoms with E-state index in [9.17, 15) is 19.8 Å². The van der Waals surface area contributed by atoms with Crippen molar-refractivity contribution in [3.63, 3.8) is 0 Å². The molecule has 4 aliphatic carbocycles. The third-order valence-corrected chi connectivity index (χ3v) is 8.98. The fourth-order valence-corrected chi connectivity index (χ4v) is 7.49. The monoisotopic (exact) mass is 334 g/mol. The number of hydrogen-bond donors (Lipinski definition) is 2. The minimum Gasteiger partial charge on any atom is -0.481 e. The fourth-order valence-electron chi connectivity index (χ4n) is 7.49. The number of rotatable bonds is 1. The SMILES string of the molecule is C[C@@]12CC[C@@H]3[C@@](CC1)(C2)C(=O)C[C@H]1[C@@]3(C)[C@@H](O)CC[C@@]1(C)C(=O)O. The third-order valence-electron chi connectivity index (χ3n) is 8.98. The quantitative estimate of drug-likeness (QED) is 0.770. The van der Waals surface area contributed by atoms with Crippen LogP contribution in [0.5, 0.6) is 0 Å². The Morgan fingerprint density at radius 3 is 2.42 bits per heavy atom. The van der Waals surface area contributed by atoms with Crippen molar-refractivity contribution in [2.45, 2.75) is 78.2 Å². The number of hydrogen-bond acceptors (Lipinski definition) is 3. The summed E-state index contributed by atoms with van der Waals surface area (Å²) in [5.74, 6) is -0.624. The van der Waals surface area contributed by atoms with Gasteiger partial charge in [0.05, 0.1) is 11.5 Å². The van der Waals surface area contributed by atoms with Gasteiger partial charge in [0.15, 0.2) is 0 Å². The molecule has 0 unspecified atom stereocenters. The second kappa shape index (κ2) is 4.63. The van der Waals surface area contributed by atoms with Gasteiger partial charge in [0.2, 0.25) is 0 Å². The van der Waals surface area contributed by atoms with Gasteiger partial charge in [0.1, 0.15) is 5.78 Å². The molecule has 134 valence electrons. The summed E-state index contributed by atoms with van der Waals surface area (Å²) in [4.78, 5) is 25.4. The van der Waals surface area contributed by atoms with Crippen LogP contribution in [0, 0.1) is 33.5 Å². The lowest BCUT2D eigenvalue weighted by Gasteiger charge is -2.64. The predicted octanol–water partition coefficient (Wildman–Crippen LogP) is 3.41. The topological polar surface area (TPSA) is 74.6 Å². The van der Waals surface area contributed by atoms with Gasteiger partial charge >= 0.3 is 5.97 Å². The first-order valence-corrected chi connectivity index (χ1v) is 9.53. The number of carboxylic acids is 1. The lowest BCUT2D eigenvalue weighted by atomic mass is 9.39. The predicted molar refractivity (Wildman–Crippen MR) is 89.3 cm³/mol. The summed E-state index contributed by atoms with van der Waals surface area (Å²) in [7, 11) is 0. The first-order chi connectivity index (χ1) is 11.1. The van der Waals surface area contributed by atoms with Crippen molar-refractivity contribution in [2.75, 3.05) is 0 Å². The summed E-state index contributed by atoms with van der Waals surface area (Å²) >= 11 is 0. The molecule has 0 heterocycles. The molecule has 4 fully saturated rings. The van der Waals surface area contributed by atoms with E-state index < -0.39 is 22.9 Å². The summed E-state index contributed by atoms with van der Waals surface area (Å²) in [5.41, 5.74) is -1.38. The number of ketones is 1. The number of aliphatic hydroxyl groups excluding tert-OH is 1. The highest BCUT2D eigenvalue weighted by Crippen LogP contribution is 2.72. The van der Waals surface area contributed by atoms with E-state index in [1.54, 1.807) is 6.92 Å². The van der Waals surface area contributed by atoms with Gasteiger partial charge < -0.3 is 10.2 Å². The molecule has 24 heavy (non-hydrogen) atoms. The number of carboxylic acid groups (broad SMARTS) is 1. The average Bonchev–Trinajstić information content (AvgIpc) is 2.78. The van der Waals surface area contributed by atoms with Crippen LogP contribution in [0.3, 0.4) is 0 Å². The Bertz CT molecular complexity index is 615. The van der Waals surface area contributed by atoms with E-state index in [1.165, 1.54) is 0 Å². The highest BCUT2D eigenvalue weighted by Gasteiger charge is 2.71. The van der Waals surface area contributed by atoms with Gasteiger partial charge in [-0.25, -0.2) is 0 Å². The molecular weight excluding hydrogens is 304 g/mol.